The molecule has 0 saturated carbocycles. The summed E-state index contributed by atoms with van der Waals surface area (Å²) in [6, 6.07) is 0. The molecule has 398 valence electrons. The molecule has 0 aromatic heterocycles. The minimum Gasteiger partial charge on any atom is -0.462 e. The molecule has 2 fully saturated rings. The Labute approximate surface area is 417 Å². The molecule has 4 unspecified atom stereocenters. The maximum absolute atomic E-state index is 13.0. The Morgan fingerprint density at radius 2 is 0.957 bits per heavy atom. The SMILES string of the molecule is CC/C=C/C=C/C=C/C=C/CCCCCCCC(=O)O[C@@H](COC(=O)CCCCC/C=C/C/C=C/C/C=C/C/C=C/CCCCC)CO[C@@H]1O[C@H](CO[C@@H]2O[C@H](CO)[C@H](O)C(O)C2O)[C@H](O)C(O)C1O. The third-order valence-electron chi connectivity index (χ3n) is 11.6. The number of aliphatic hydroxyl groups is 7. The van der Waals surface area contributed by atoms with Crippen molar-refractivity contribution in [2.45, 2.75) is 210 Å². The summed E-state index contributed by atoms with van der Waals surface area (Å²) >= 11 is 0. The molecule has 15 heteroatoms. The van der Waals surface area contributed by atoms with Gasteiger partial charge in [-0.1, -0.05) is 150 Å². The molecule has 0 bridgehead atoms. The van der Waals surface area contributed by atoms with Crippen LogP contribution in [0.1, 0.15) is 142 Å². The number of carbonyl (C=O) groups excluding carboxylic acids is 2. The van der Waals surface area contributed by atoms with Crippen molar-refractivity contribution in [3.8, 4) is 0 Å². The molecular formula is C55H88O15. The van der Waals surface area contributed by atoms with E-state index in [0.29, 0.717) is 12.8 Å². The molecule has 2 aliphatic rings. The van der Waals surface area contributed by atoms with Crippen molar-refractivity contribution in [2.75, 3.05) is 26.4 Å². The molecular weight excluding hydrogens is 901 g/mol. The third-order valence-corrected chi connectivity index (χ3v) is 11.6. The number of ether oxygens (including phenoxy) is 6. The standard InChI is InChI=1S/C55H88O15/c1-3-5-7-9-11-13-15-17-19-20-21-22-24-25-27-29-31-33-35-37-46(57)65-40-43(68-47(58)38-36-34-32-30-28-26-23-18-16-14-12-10-8-6-4-2)41-66-54-53(64)51(62)49(60)45(70-54)42-67-55-52(63)50(61)48(59)44(39-56)69-55/h6,8,10-14,16-19,21-23,25,27,43-45,48-56,59-64H,3-5,7,9,15,20,24,26,28-42H2,1-2H3/b8-6+,12-10+,13-11+,16-14+,19-17+,22-21+,23-18+,27-25+/t43-,44+,45+,48-,49-,50?,51?,52?,53?,54+,55+/m0/s1. The van der Waals surface area contributed by atoms with E-state index in [1.165, 1.54) is 19.3 Å². The van der Waals surface area contributed by atoms with Crippen molar-refractivity contribution < 1.29 is 73.8 Å². The largest absolute Gasteiger partial charge is 0.462 e. The Kier molecular flexibility index (Phi) is 36.6. The number of unbranched alkanes of at least 4 members (excludes halogenated alkanes) is 11. The van der Waals surface area contributed by atoms with E-state index in [1.807, 2.05) is 36.5 Å². The third kappa shape index (κ3) is 28.5. The van der Waals surface area contributed by atoms with Gasteiger partial charge in [-0.3, -0.25) is 9.59 Å². The summed E-state index contributed by atoms with van der Waals surface area (Å²) in [5.74, 6) is -0.999. The van der Waals surface area contributed by atoms with Crippen molar-refractivity contribution in [2.24, 2.45) is 0 Å². The van der Waals surface area contributed by atoms with E-state index in [-0.39, 0.29) is 19.4 Å². The van der Waals surface area contributed by atoms with Gasteiger partial charge in [0.05, 0.1) is 19.8 Å². The normalized spacial score (nSPS) is 26.2. The molecule has 2 heterocycles. The first-order valence-corrected chi connectivity index (χ1v) is 25.9. The lowest BCUT2D eigenvalue weighted by Crippen LogP contribution is -2.61. The molecule has 2 aliphatic heterocycles. The van der Waals surface area contributed by atoms with Crippen LogP contribution in [-0.4, -0.2) is 142 Å². The van der Waals surface area contributed by atoms with Gasteiger partial charge >= 0.3 is 11.9 Å². The summed E-state index contributed by atoms with van der Waals surface area (Å²) in [4.78, 5) is 25.8. The Balaban J connectivity index is 1.83. The lowest BCUT2D eigenvalue weighted by atomic mass is 9.98. The number of rotatable bonds is 38. The highest BCUT2D eigenvalue weighted by atomic mass is 16.7. The minimum absolute atomic E-state index is 0.125. The molecule has 2 saturated heterocycles. The van der Waals surface area contributed by atoms with Crippen LogP contribution in [0.4, 0.5) is 0 Å². The summed E-state index contributed by atoms with van der Waals surface area (Å²) in [6.45, 7) is 2.34. The van der Waals surface area contributed by atoms with Gasteiger partial charge in [-0.2, -0.15) is 0 Å². The van der Waals surface area contributed by atoms with Crippen LogP contribution in [0.3, 0.4) is 0 Å². The van der Waals surface area contributed by atoms with Crippen molar-refractivity contribution in [3.63, 3.8) is 0 Å². The zero-order valence-corrected chi connectivity index (χ0v) is 42.0. The highest BCUT2D eigenvalue weighted by Gasteiger charge is 2.47. The summed E-state index contributed by atoms with van der Waals surface area (Å²) in [5.41, 5.74) is 0. The number of esters is 2. The van der Waals surface area contributed by atoms with Crippen LogP contribution < -0.4 is 0 Å². The lowest BCUT2D eigenvalue weighted by Gasteiger charge is -2.42. The summed E-state index contributed by atoms with van der Waals surface area (Å²) in [7, 11) is 0. The maximum atomic E-state index is 13.0. The summed E-state index contributed by atoms with van der Waals surface area (Å²) < 4.78 is 33.5. The first-order chi connectivity index (χ1) is 34.0. The molecule has 0 aromatic carbocycles. The van der Waals surface area contributed by atoms with E-state index in [4.69, 9.17) is 28.4 Å². The second kappa shape index (κ2) is 41.0. The van der Waals surface area contributed by atoms with Gasteiger partial charge in [0.1, 0.15) is 55.4 Å². The van der Waals surface area contributed by atoms with Crippen LogP contribution >= 0.6 is 0 Å². The highest BCUT2D eigenvalue weighted by Crippen LogP contribution is 2.26. The van der Waals surface area contributed by atoms with E-state index in [0.717, 1.165) is 83.5 Å². The molecule has 0 spiro atoms. The van der Waals surface area contributed by atoms with Crippen LogP contribution in [0.25, 0.3) is 0 Å². The van der Waals surface area contributed by atoms with Crippen LogP contribution in [0, 0.1) is 0 Å². The molecule has 70 heavy (non-hydrogen) atoms. The van der Waals surface area contributed by atoms with Gasteiger partial charge in [0, 0.05) is 12.8 Å². The van der Waals surface area contributed by atoms with Gasteiger partial charge in [0.15, 0.2) is 18.7 Å². The van der Waals surface area contributed by atoms with Gasteiger partial charge < -0.3 is 64.2 Å². The monoisotopic (exact) mass is 989 g/mol. The van der Waals surface area contributed by atoms with E-state index in [9.17, 15) is 45.3 Å². The van der Waals surface area contributed by atoms with E-state index in [1.54, 1.807) is 0 Å². The molecule has 2 rings (SSSR count). The highest BCUT2D eigenvalue weighted by molar-refractivity contribution is 5.70. The molecule has 0 aliphatic carbocycles. The zero-order chi connectivity index (χ0) is 51.0. The average Bonchev–Trinajstić information content (AvgIpc) is 3.35. The Morgan fingerprint density at radius 3 is 1.56 bits per heavy atom. The van der Waals surface area contributed by atoms with Gasteiger partial charge in [-0.15, -0.1) is 0 Å². The van der Waals surface area contributed by atoms with E-state index < -0.39 is 99.3 Å². The molecule has 11 atom stereocenters. The second-order valence-electron chi connectivity index (χ2n) is 17.7. The predicted molar refractivity (Wildman–Crippen MR) is 270 cm³/mol. The van der Waals surface area contributed by atoms with Gasteiger partial charge in [0.25, 0.3) is 0 Å². The fraction of sp³-hybridized carbons (Fsp3) is 0.673. The first kappa shape index (κ1) is 62.5. The minimum atomic E-state index is -1.78. The van der Waals surface area contributed by atoms with Gasteiger partial charge in [-0.05, 0) is 77.0 Å². The topological polar surface area (TPSA) is 231 Å². The first-order valence-electron chi connectivity index (χ1n) is 25.9. The van der Waals surface area contributed by atoms with Crippen LogP contribution in [-0.2, 0) is 38.0 Å². The smallest absolute Gasteiger partial charge is 0.306 e. The lowest BCUT2D eigenvalue weighted by molar-refractivity contribution is -0.332. The number of hydrogen-bond donors (Lipinski definition) is 7. The van der Waals surface area contributed by atoms with Crippen molar-refractivity contribution in [1.29, 1.82) is 0 Å². The quantitative estimate of drug-likeness (QED) is 0.0139. The van der Waals surface area contributed by atoms with E-state index in [2.05, 4.69) is 74.6 Å². The maximum Gasteiger partial charge on any atom is 0.306 e. The van der Waals surface area contributed by atoms with Crippen molar-refractivity contribution in [1.82, 2.24) is 0 Å². The number of aliphatic hydroxyl groups excluding tert-OH is 7. The van der Waals surface area contributed by atoms with E-state index >= 15 is 0 Å². The molecule has 0 amide bonds. The zero-order valence-electron chi connectivity index (χ0n) is 42.0. The second-order valence-corrected chi connectivity index (χ2v) is 17.7. The van der Waals surface area contributed by atoms with Crippen molar-refractivity contribution in [3.05, 3.63) is 97.2 Å². The van der Waals surface area contributed by atoms with Crippen LogP contribution in [0.2, 0.25) is 0 Å². The average molecular weight is 989 g/mol. The number of carbonyl (C=O) groups is 2. The fourth-order valence-corrected chi connectivity index (χ4v) is 7.39. The summed E-state index contributed by atoms with van der Waals surface area (Å²) in [5, 5.41) is 72.1. The summed E-state index contributed by atoms with van der Waals surface area (Å²) in [6.07, 6.45) is 34.3. The number of hydrogen-bond acceptors (Lipinski definition) is 15. The predicted octanol–water partition coefficient (Wildman–Crippen LogP) is 7.37. The molecule has 15 nitrogen and oxygen atoms in total. The Hall–Kier alpha value is -3.58. The Morgan fingerprint density at radius 1 is 0.486 bits per heavy atom. The Bertz CT molecular complexity index is 1580. The van der Waals surface area contributed by atoms with Gasteiger partial charge in [-0.25, -0.2) is 0 Å². The molecule has 7 N–H and O–H groups in total. The number of allylic oxidation sites excluding steroid dienone is 16. The van der Waals surface area contributed by atoms with Crippen LogP contribution in [0.15, 0.2) is 97.2 Å². The van der Waals surface area contributed by atoms with Crippen LogP contribution in [0.5, 0.6) is 0 Å². The molecule has 0 aromatic rings. The fourth-order valence-electron chi connectivity index (χ4n) is 7.39. The van der Waals surface area contributed by atoms with Gasteiger partial charge in [0.2, 0.25) is 0 Å². The molecule has 0 radical (unpaired) electrons. The van der Waals surface area contributed by atoms with Crippen molar-refractivity contribution >= 4 is 11.9 Å².